The van der Waals surface area contributed by atoms with Gasteiger partial charge in [-0.2, -0.15) is 0 Å². The summed E-state index contributed by atoms with van der Waals surface area (Å²) in [4.78, 5) is 0. The molecule has 0 saturated heterocycles. The Morgan fingerprint density at radius 2 is 1.67 bits per heavy atom. The zero-order valence-electron chi connectivity index (χ0n) is 9.24. The molecule has 15 heavy (non-hydrogen) atoms. The molecule has 1 rings (SSSR count). The summed E-state index contributed by atoms with van der Waals surface area (Å²) < 4.78 is 0. The van der Waals surface area contributed by atoms with Crippen LogP contribution in [0.2, 0.25) is 0 Å². The molecule has 0 amide bonds. The first-order valence-electron chi connectivity index (χ1n) is 5.76. The first-order valence-corrected chi connectivity index (χ1v) is 5.76. The Labute approximate surface area is 92.3 Å². The molecule has 0 bridgehead atoms. The summed E-state index contributed by atoms with van der Waals surface area (Å²) in [7, 11) is 0. The van der Waals surface area contributed by atoms with Gasteiger partial charge in [-0.3, -0.25) is 0 Å². The molecule has 0 saturated carbocycles. The molecule has 1 radical (unpaired) electrons. The highest BCUT2D eigenvalue weighted by Crippen LogP contribution is 2.01. The SMILES string of the molecule is [O]CCCCNCCCc1ccccc1. The minimum atomic E-state index is 0.0612. The van der Waals surface area contributed by atoms with Crippen LogP contribution in [0.25, 0.3) is 0 Å². The zero-order valence-corrected chi connectivity index (χ0v) is 9.24. The second-order valence-corrected chi connectivity index (χ2v) is 3.75. The summed E-state index contributed by atoms with van der Waals surface area (Å²) in [6.45, 7) is 2.09. The summed E-state index contributed by atoms with van der Waals surface area (Å²) >= 11 is 0. The Morgan fingerprint density at radius 3 is 2.40 bits per heavy atom. The maximum atomic E-state index is 10.2. The molecule has 1 N–H and O–H groups in total. The van der Waals surface area contributed by atoms with Crippen LogP contribution in [-0.2, 0) is 11.5 Å². The molecule has 0 spiro atoms. The van der Waals surface area contributed by atoms with Crippen molar-refractivity contribution in [1.82, 2.24) is 5.32 Å². The molecule has 0 aromatic heterocycles. The summed E-state index contributed by atoms with van der Waals surface area (Å²) in [5.41, 5.74) is 1.40. The predicted molar refractivity (Wildman–Crippen MR) is 62.4 cm³/mol. The third kappa shape index (κ3) is 6.26. The number of unbranched alkanes of at least 4 members (excludes halogenated alkanes) is 1. The monoisotopic (exact) mass is 206 g/mol. The van der Waals surface area contributed by atoms with Crippen LogP contribution in [0.1, 0.15) is 24.8 Å². The van der Waals surface area contributed by atoms with Gasteiger partial charge in [-0.15, -0.1) is 0 Å². The van der Waals surface area contributed by atoms with Gasteiger partial charge < -0.3 is 5.32 Å². The van der Waals surface area contributed by atoms with Gasteiger partial charge in [0.15, 0.2) is 0 Å². The molecule has 0 aliphatic rings. The highest BCUT2D eigenvalue weighted by atomic mass is 16.2. The smallest absolute Gasteiger partial charge is 0.0822 e. The first kappa shape index (κ1) is 12.2. The summed E-state index contributed by atoms with van der Waals surface area (Å²) in [6.07, 6.45) is 4.11. The molecule has 1 aromatic rings. The number of rotatable bonds is 8. The number of aryl methyl sites for hydroxylation is 1. The molecule has 2 heteroatoms. The third-order valence-corrected chi connectivity index (χ3v) is 2.41. The van der Waals surface area contributed by atoms with Gasteiger partial charge in [0, 0.05) is 0 Å². The average Bonchev–Trinajstić information content (AvgIpc) is 2.29. The Kier molecular flexibility index (Phi) is 6.88. The normalized spacial score (nSPS) is 10.5. The average molecular weight is 206 g/mol. The van der Waals surface area contributed by atoms with Gasteiger partial charge in [0.25, 0.3) is 0 Å². The Morgan fingerprint density at radius 1 is 0.933 bits per heavy atom. The van der Waals surface area contributed by atoms with E-state index in [4.69, 9.17) is 0 Å². The second kappa shape index (κ2) is 8.45. The molecule has 1 aromatic carbocycles. The molecular weight excluding hydrogens is 186 g/mol. The highest BCUT2D eigenvalue weighted by molar-refractivity contribution is 5.14. The van der Waals surface area contributed by atoms with E-state index in [0.717, 1.165) is 32.4 Å². The maximum Gasteiger partial charge on any atom is 0.0822 e. The van der Waals surface area contributed by atoms with Crippen molar-refractivity contribution in [3.05, 3.63) is 35.9 Å². The molecule has 0 atom stereocenters. The van der Waals surface area contributed by atoms with Crippen molar-refractivity contribution >= 4 is 0 Å². The van der Waals surface area contributed by atoms with Crippen molar-refractivity contribution in [2.45, 2.75) is 25.7 Å². The van der Waals surface area contributed by atoms with Crippen molar-refractivity contribution in [1.29, 1.82) is 0 Å². The summed E-state index contributed by atoms with van der Waals surface area (Å²) in [5, 5.41) is 13.5. The van der Waals surface area contributed by atoms with Crippen molar-refractivity contribution < 1.29 is 5.11 Å². The fourth-order valence-electron chi connectivity index (χ4n) is 1.54. The van der Waals surface area contributed by atoms with Crippen molar-refractivity contribution in [2.75, 3.05) is 19.7 Å². The van der Waals surface area contributed by atoms with Crippen LogP contribution in [0.5, 0.6) is 0 Å². The van der Waals surface area contributed by atoms with Crippen LogP contribution in [0.3, 0.4) is 0 Å². The van der Waals surface area contributed by atoms with E-state index in [1.807, 2.05) is 6.07 Å². The van der Waals surface area contributed by atoms with Crippen LogP contribution in [0.4, 0.5) is 0 Å². The van der Waals surface area contributed by atoms with Crippen LogP contribution in [0, 0.1) is 0 Å². The zero-order chi connectivity index (χ0) is 10.8. The molecular formula is C13H20NO. The summed E-state index contributed by atoms with van der Waals surface area (Å²) in [5.74, 6) is 0. The lowest BCUT2D eigenvalue weighted by molar-refractivity contribution is 0.186. The lowest BCUT2D eigenvalue weighted by Crippen LogP contribution is -2.17. The largest absolute Gasteiger partial charge is 0.317 e. The fraction of sp³-hybridized carbons (Fsp3) is 0.538. The molecule has 0 fully saturated rings. The van der Waals surface area contributed by atoms with Gasteiger partial charge in [0.2, 0.25) is 0 Å². The molecule has 0 aliphatic carbocycles. The quantitative estimate of drug-likeness (QED) is 0.651. The van der Waals surface area contributed by atoms with Gasteiger partial charge in [-0.05, 0) is 44.3 Å². The van der Waals surface area contributed by atoms with Crippen molar-refractivity contribution in [3.63, 3.8) is 0 Å². The van der Waals surface area contributed by atoms with Gasteiger partial charge in [0.05, 0.1) is 6.61 Å². The number of benzene rings is 1. The number of hydrogen-bond acceptors (Lipinski definition) is 1. The second-order valence-electron chi connectivity index (χ2n) is 3.75. The van der Waals surface area contributed by atoms with E-state index in [1.165, 1.54) is 12.0 Å². The standard InChI is InChI=1S/C13H20NO/c15-12-5-4-10-14-11-6-9-13-7-2-1-3-8-13/h1-3,7-8,14H,4-6,9-12H2. The van der Waals surface area contributed by atoms with Gasteiger partial charge in [-0.25, -0.2) is 5.11 Å². The fourth-order valence-corrected chi connectivity index (χ4v) is 1.54. The van der Waals surface area contributed by atoms with Crippen LogP contribution >= 0.6 is 0 Å². The predicted octanol–water partition coefficient (Wildman–Crippen LogP) is 2.42. The molecule has 2 nitrogen and oxygen atoms in total. The van der Waals surface area contributed by atoms with Crippen molar-refractivity contribution in [3.8, 4) is 0 Å². The van der Waals surface area contributed by atoms with Gasteiger partial charge >= 0.3 is 0 Å². The van der Waals surface area contributed by atoms with E-state index in [0.29, 0.717) is 0 Å². The summed E-state index contributed by atoms with van der Waals surface area (Å²) in [6, 6.07) is 10.5. The van der Waals surface area contributed by atoms with Gasteiger partial charge in [0.1, 0.15) is 0 Å². The minimum absolute atomic E-state index is 0.0612. The maximum absolute atomic E-state index is 10.2. The van der Waals surface area contributed by atoms with Crippen LogP contribution in [0.15, 0.2) is 30.3 Å². The minimum Gasteiger partial charge on any atom is -0.317 e. The van der Waals surface area contributed by atoms with E-state index in [-0.39, 0.29) is 6.61 Å². The first-order chi connectivity index (χ1) is 7.43. The van der Waals surface area contributed by atoms with Gasteiger partial charge in [-0.1, -0.05) is 30.3 Å². The number of hydrogen-bond donors (Lipinski definition) is 1. The Hall–Kier alpha value is -0.860. The lowest BCUT2D eigenvalue weighted by Gasteiger charge is -2.03. The molecule has 0 heterocycles. The van der Waals surface area contributed by atoms with E-state index in [1.54, 1.807) is 0 Å². The van der Waals surface area contributed by atoms with Crippen molar-refractivity contribution in [2.24, 2.45) is 0 Å². The molecule has 0 aliphatic heterocycles. The van der Waals surface area contributed by atoms with Crippen LogP contribution < -0.4 is 5.32 Å². The van der Waals surface area contributed by atoms with E-state index in [9.17, 15) is 5.11 Å². The third-order valence-electron chi connectivity index (χ3n) is 2.41. The molecule has 0 unspecified atom stereocenters. The lowest BCUT2D eigenvalue weighted by atomic mass is 10.1. The Balaban J connectivity index is 1.93. The van der Waals surface area contributed by atoms with E-state index >= 15 is 0 Å². The topological polar surface area (TPSA) is 31.9 Å². The Bertz CT molecular complexity index is 236. The van der Waals surface area contributed by atoms with E-state index < -0.39 is 0 Å². The number of nitrogens with one attached hydrogen (secondary N) is 1. The van der Waals surface area contributed by atoms with E-state index in [2.05, 4.69) is 29.6 Å². The highest BCUT2D eigenvalue weighted by Gasteiger charge is 1.92. The van der Waals surface area contributed by atoms with Crippen LogP contribution in [-0.4, -0.2) is 19.7 Å². The molecule has 83 valence electrons.